The van der Waals surface area contributed by atoms with Crippen LogP contribution in [-0.4, -0.2) is 29.9 Å². The molecule has 0 fully saturated rings. The lowest BCUT2D eigenvalue weighted by Gasteiger charge is -2.23. The van der Waals surface area contributed by atoms with Crippen LogP contribution in [0.25, 0.3) is 0 Å². The average Bonchev–Trinajstić information content (AvgIpc) is 2.66. The van der Waals surface area contributed by atoms with Crippen LogP contribution in [0.4, 0.5) is 13.2 Å². The second-order valence-corrected chi connectivity index (χ2v) is 4.82. The van der Waals surface area contributed by atoms with Crippen LogP contribution < -0.4 is 0 Å². The van der Waals surface area contributed by atoms with E-state index in [4.69, 9.17) is 0 Å². The van der Waals surface area contributed by atoms with Crippen LogP contribution in [0.15, 0.2) is 23.4 Å². The third-order valence-electron chi connectivity index (χ3n) is 3.56. The van der Waals surface area contributed by atoms with Crippen molar-refractivity contribution in [3.63, 3.8) is 0 Å². The van der Waals surface area contributed by atoms with E-state index in [1.165, 1.54) is 6.08 Å². The summed E-state index contributed by atoms with van der Waals surface area (Å²) in [4.78, 5) is 13.5. The van der Waals surface area contributed by atoms with E-state index in [1.54, 1.807) is 6.08 Å². The van der Waals surface area contributed by atoms with Crippen molar-refractivity contribution in [1.82, 2.24) is 4.90 Å². The molecule has 1 aliphatic carbocycles. The van der Waals surface area contributed by atoms with E-state index in [1.807, 2.05) is 11.8 Å². The highest BCUT2D eigenvalue weighted by Gasteiger charge is 2.31. The predicted molar refractivity (Wildman–Crippen MR) is 61.8 cm³/mol. The topological polar surface area (TPSA) is 20.3 Å². The van der Waals surface area contributed by atoms with Crippen molar-refractivity contribution in [2.75, 3.05) is 13.1 Å². The molecule has 0 saturated carbocycles. The fourth-order valence-corrected chi connectivity index (χ4v) is 2.54. The molecule has 2 nitrogen and oxygen atoms in total. The molecule has 0 aromatic carbocycles. The van der Waals surface area contributed by atoms with Crippen LogP contribution in [0, 0.1) is 5.92 Å². The van der Waals surface area contributed by atoms with Gasteiger partial charge in [0.25, 0.3) is 0 Å². The molecule has 2 rings (SSSR count). The number of rotatable bonds is 3. The molecule has 1 aliphatic heterocycles. The van der Waals surface area contributed by atoms with Gasteiger partial charge < -0.3 is 4.90 Å². The summed E-state index contributed by atoms with van der Waals surface area (Å²) < 4.78 is 36.3. The summed E-state index contributed by atoms with van der Waals surface area (Å²) in [6.07, 6.45) is -0.647. The maximum absolute atomic E-state index is 12.1. The summed E-state index contributed by atoms with van der Waals surface area (Å²) in [7, 11) is 0. The molecule has 1 unspecified atom stereocenters. The van der Waals surface area contributed by atoms with Gasteiger partial charge in [-0.2, -0.15) is 13.2 Å². The molecule has 5 heteroatoms. The average molecular weight is 259 g/mol. The number of ketones is 1. The summed E-state index contributed by atoms with van der Waals surface area (Å²) in [5.74, 6) is -0.0245. The fraction of sp³-hybridized carbons (Fsp3) is 0.615. The molecular weight excluding hydrogens is 243 g/mol. The lowest BCUT2D eigenvalue weighted by Crippen LogP contribution is -2.23. The van der Waals surface area contributed by atoms with Gasteiger partial charge >= 0.3 is 6.18 Å². The molecule has 0 N–H and O–H groups in total. The molecule has 0 amide bonds. The molecule has 18 heavy (non-hydrogen) atoms. The molecule has 2 aliphatic rings. The summed E-state index contributed by atoms with van der Waals surface area (Å²) in [5, 5.41) is 0. The Morgan fingerprint density at radius 2 is 2.11 bits per heavy atom. The van der Waals surface area contributed by atoms with Gasteiger partial charge in [-0.3, -0.25) is 4.79 Å². The zero-order valence-corrected chi connectivity index (χ0v) is 10.3. The third kappa shape index (κ3) is 2.76. The van der Waals surface area contributed by atoms with Crippen molar-refractivity contribution < 1.29 is 18.0 Å². The van der Waals surface area contributed by atoms with Gasteiger partial charge in [0.05, 0.1) is 0 Å². The number of hydrogen-bond acceptors (Lipinski definition) is 2. The number of allylic oxidation sites excluding steroid dienone is 2. The van der Waals surface area contributed by atoms with E-state index in [2.05, 4.69) is 0 Å². The van der Waals surface area contributed by atoms with Gasteiger partial charge in [0.1, 0.15) is 0 Å². The first-order valence-electron chi connectivity index (χ1n) is 6.15. The van der Waals surface area contributed by atoms with Crippen molar-refractivity contribution in [3.8, 4) is 0 Å². The van der Waals surface area contributed by atoms with Gasteiger partial charge in [-0.25, -0.2) is 0 Å². The summed E-state index contributed by atoms with van der Waals surface area (Å²) in [6.45, 7) is 2.99. The lowest BCUT2D eigenvalue weighted by atomic mass is 9.90. The molecule has 0 aromatic rings. The number of hydrogen-bond donors (Lipinski definition) is 0. The standard InChI is InChI=1S/C13H16F3NO/c1-9-10-5-8-17(7-2-6-13(14,15)16)11(10)3-4-12(9)18/h3-4,9H,2,5-8H2,1H3. The highest BCUT2D eigenvalue weighted by atomic mass is 19.4. The first kappa shape index (κ1) is 13.2. The van der Waals surface area contributed by atoms with E-state index in [9.17, 15) is 18.0 Å². The molecular formula is C13H16F3NO. The minimum absolute atomic E-state index is 0.0888. The maximum Gasteiger partial charge on any atom is 0.389 e. The smallest absolute Gasteiger partial charge is 0.371 e. The maximum atomic E-state index is 12.1. The Bertz CT molecular complexity index is 409. The zero-order chi connectivity index (χ0) is 13.3. The molecule has 100 valence electrons. The Morgan fingerprint density at radius 3 is 2.78 bits per heavy atom. The molecule has 1 atom stereocenters. The zero-order valence-electron chi connectivity index (χ0n) is 10.3. The fourth-order valence-electron chi connectivity index (χ4n) is 2.54. The van der Waals surface area contributed by atoms with Crippen LogP contribution in [-0.2, 0) is 4.79 Å². The highest BCUT2D eigenvalue weighted by molar-refractivity contribution is 5.95. The summed E-state index contributed by atoms with van der Waals surface area (Å²) in [5.41, 5.74) is 2.04. The second-order valence-electron chi connectivity index (χ2n) is 4.82. The van der Waals surface area contributed by atoms with E-state index in [0.717, 1.165) is 24.2 Å². The highest BCUT2D eigenvalue weighted by Crippen LogP contribution is 2.34. The second kappa shape index (κ2) is 4.78. The van der Waals surface area contributed by atoms with Gasteiger partial charge in [0.15, 0.2) is 5.78 Å². The Kier molecular flexibility index (Phi) is 3.50. The lowest BCUT2D eigenvalue weighted by molar-refractivity contribution is -0.135. The number of carbonyl (C=O) groups is 1. The van der Waals surface area contributed by atoms with Gasteiger partial charge in [-0.05, 0) is 30.6 Å². The largest absolute Gasteiger partial charge is 0.389 e. The van der Waals surface area contributed by atoms with Crippen molar-refractivity contribution in [2.24, 2.45) is 5.92 Å². The van der Waals surface area contributed by atoms with Crippen LogP contribution in [0.3, 0.4) is 0 Å². The first-order chi connectivity index (χ1) is 8.38. The van der Waals surface area contributed by atoms with Crippen molar-refractivity contribution in [2.45, 2.75) is 32.4 Å². The van der Waals surface area contributed by atoms with Crippen LogP contribution >= 0.6 is 0 Å². The Hall–Kier alpha value is -1.26. The number of alkyl halides is 3. The molecule has 0 spiro atoms. The molecule has 0 aromatic heterocycles. The van der Waals surface area contributed by atoms with Crippen molar-refractivity contribution in [1.29, 1.82) is 0 Å². The Balaban J connectivity index is 1.95. The third-order valence-corrected chi connectivity index (χ3v) is 3.56. The number of halogens is 3. The summed E-state index contributed by atoms with van der Waals surface area (Å²) >= 11 is 0. The molecule has 1 heterocycles. The van der Waals surface area contributed by atoms with Gasteiger partial charge in [0.2, 0.25) is 0 Å². The van der Waals surface area contributed by atoms with E-state index >= 15 is 0 Å². The summed E-state index contributed by atoms with van der Waals surface area (Å²) in [6, 6.07) is 0. The SMILES string of the molecule is CC1C(=O)C=CC2=C1CCN2CCCC(F)(F)F. The number of nitrogens with zero attached hydrogens (tertiary/aromatic N) is 1. The quantitative estimate of drug-likeness (QED) is 0.776. The normalized spacial score (nSPS) is 23.9. The Morgan fingerprint density at radius 1 is 1.39 bits per heavy atom. The van der Waals surface area contributed by atoms with Crippen LogP contribution in [0.5, 0.6) is 0 Å². The van der Waals surface area contributed by atoms with Gasteiger partial charge in [-0.1, -0.05) is 6.92 Å². The van der Waals surface area contributed by atoms with Crippen molar-refractivity contribution >= 4 is 5.78 Å². The minimum Gasteiger partial charge on any atom is -0.371 e. The molecule has 0 saturated heterocycles. The Labute approximate surface area is 104 Å². The van der Waals surface area contributed by atoms with Crippen LogP contribution in [0.2, 0.25) is 0 Å². The number of carbonyl (C=O) groups excluding carboxylic acids is 1. The van der Waals surface area contributed by atoms with Gasteiger partial charge in [0, 0.05) is 31.1 Å². The van der Waals surface area contributed by atoms with E-state index < -0.39 is 12.6 Å². The van der Waals surface area contributed by atoms with E-state index in [0.29, 0.717) is 6.54 Å². The molecule has 0 bridgehead atoms. The monoisotopic (exact) mass is 259 g/mol. The van der Waals surface area contributed by atoms with Gasteiger partial charge in [-0.15, -0.1) is 0 Å². The van der Waals surface area contributed by atoms with E-state index in [-0.39, 0.29) is 18.1 Å². The van der Waals surface area contributed by atoms with Crippen LogP contribution in [0.1, 0.15) is 26.2 Å². The molecule has 0 radical (unpaired) electrons. The predicted octanol–water partition coefficient (Wildman–Crippen LogP) is 3.06. The minimum atomic E-state index is -4.08. The first-order valence-corrected chi connectivity index (χ1v) is 6.15. The van der Waals surface area contributed by atoms with Crippen molar-refractivity contribution in [3.05, 3.63) is 23.4 Å².